The molecule has 0 saturated heterocycles. The summed E-state index contributed by atoms with van der Waals surface area (Å²) in [6.45, 7) is 2.24. The van der Waals surface area contributed by atoms with E-state index in [9.17, 15) is 13.0 Å². The van der Waals surface area contributed by atoms with Crippen LogP contribution in [0, 0.1) is 0 Å². The van der Waals surface area contributed by atoms with E-state index in [0.717, 1.165) is 12.8 Å². The summed E-state index contributed by atoms with van der Waals surface area (Å²) in [6.07, 6.45) is 11.7. The molecule has 0 aromatic carbocycles. The molecule has 0 aliphatic rings. The third-order valence-electron chi connectivity index (χ3n) is 2.73. The quantitative estimate of drug-likeness (QED) is 0.175. The van der Waals surface area contributed by atoms with Crippen LogP contribution in [0.4, 0.5) is 0 Å². The molecule has 0 atom stereocenters. The third-order valence-corrected chi connectivity index (χ3v) is 3.18. The molecule has 10 heteroatoms. The molecule has 0 amide bonds. The summed E-state index contributed by atoms with van der Waals surface area (Å²) >= 11 is -2.00. The summed E-state index contributed by atoms with van der Waals surface area (Å²) in [6, 6.07) is 0. The summed E-state index contributed by atoms with van der Waals surface area (Å²) < 4.78 is 51.5. The average Bonchev–Trinajstić information content (AvgIpc) is 2.35. The summed E-state index contributed by atoms with van der Waals surface area (Å²) in [5, 5.41) is 0. The Labute approximate surface area is 170 Å². The molecular formula is C12H29NaO6SSiTi. The molecule has 0 aromatic rings. The van der Waals surface area contributed by atoms with Crippen molar-refractivity contribution < 1.29 is 72.5 Å². The van der Waals surface area contributed by atoms with Gasteiger partial charge in [-0.1, -0.05) is 64.7 Å². The number of hydrogen-bond donors (Lipinski definition) is 0. The van der Waals surface area contributed by atoms with Gasteiger partial charge in [0.15, 0.2) is 0 Å². The van der Waals surface area contributed by atoms with Crippen molar-refractivity contribution in [2.24, 2.45) is 0 Å². The molecule has 128 valence electrons. The minimum absolute atomic E-state index is 0. The fourth-order valence-electron chi connectivity index (χ4n) is 1.75. The van der Waals surface area contributed by atoms with Gasteiger partial charge >= 0.3 is 55.3 Å². The van der Waals surface area contributed by atoms with E-state index in [1.165, 1.54) is 44.9 Å². The van der Waals surface area contributed by atoms with Crippen molar-refractivity contribution in [1.82, 2.24) is 0 Å². The molecule has 0 rings (SSSR count). The van der Waals surface area contributed by atoms with Crippen LogP contribution in [-0.4, -0.2) is 30.5 Å². The van der Waals surface area contributed by atoms with Crippen molar-refractivity contribution in [3.05, 3.63) is 0 Å². The normalized spacial score (nSPS) is 9.55. The molecule has 22 heavy (non-hydrogen) atoms. The molecule has 6 nitrogen and oxygen atoms in total. The first-order valence-electron chi connectivity index (χ1n) is 7.07. The van der Waals surface area contributed by atoms with Gasteiger partial charge < -0.3 is 4.55 Å². The number of hydrogen-bond acceptors (Lipinski definition) is 6. The largest absolute Gasteiger partial charge is 0.0149 e. The second kappa shape index (κ2) is 24.7. The van der Waals surface area contributed by atoms with Gasteiger partial charge in [-0.2, -0.15) is 0 Å². The Kier molecular flexibility index (Phi) is 35.0. The molecule has 0 heterocycles. The van der Waals surface area contributed by atoms with Crippen LogP contribution < -0.4 is 29.6 Å². The second-order valence-corrected chi connectivity index (χ2v) is 5.81. The zero-order chi connectivity index (χ0) is 15.7. The Balaban J connectivity index is -0.000000297. The zero-order valence-corrected chi connectivity index (χ0v) is 17.5. The van der Waals surface area contributed by atoms with Crippen LogP contribution in [0.25, 0.3) is 0 Å². The van der Waals surface area contributed by atoms with Gasteiger partial charge in [-0.15, -0.1) is 0 Å². The van der Waals surface area contributed by atoms with E-state index in [-0.39, 0.29) is 47.1 Å². The topological polar surface area (TPSA) is 101 Å². The molecule has 0 N–H and O–H groups in total. The molecule has 0 aliphatic heterocycles. The molecule has 0 spiro atoms. The molecule has 0 aromatic heterocycles. The summed E-state index contributed by atoms with van der Waals surface area (Å²) in [5.41, 5.74) is 0. The van der Waals surface area contributed by atoms with Crippen LogP contribution in [0.1, 0.15) is 71.1 Å². The van der Waals surface area contributed by atoms with Gasteiger partial charge in [-0.05, 0) is 17.4 Å². The average molecular weight is 400 g/mol. The number of rotatable bonds is 12. The van der Waals surface area contributed by atoms with Gasteiger partial charge in [-0.25, -0.2) is 8.42 Å². The van der Waals surface area contributed by atoms with Crippen LogP contribution in [0.5, 0.6) is 0 Å². The maximum atomic E-state index is 10.1. The molecule has 0 bridgehead atoms. The van der Waals surface area contributed by atoms with Crippen LogP contribution in [-0.2, 0) is 40.3 Å². The fourth-order valence-corrected chi connectivity index (χ4v) is 2.07. The molecule has 0 fully saturated rings. The molecule has 0 saturated carbocycles. The zero-order valence-electron chi connectivity index (χ0n) is 13.1. The van der Waals surface area contributed by atoms with Gasteiger partial charge in [-0.3, -0.25) is 4.18 Å². The van der Waals surface area contributed by atoms with E-state index in [0.29, 0.717) is 6.42 Å². The first kappa shape index (κ1) is 31.2. The maximum absolute atomic E-state index is 10.1. The van der Waals surface area contributed by atoms with Crippen molar-refractivity contribution >= 4 is 21.4 Å². The van der Waals surface area contributed by atoms with Gasteiger partial charge in [0.2, 0.25) is 10.4 Å². The fraction of sp³-hybridized carbons (Fsp3) is 1.00. The number of unbranched alkanes of at least 4 members (excludes halogenated alkanes) is 9. The van der Waals surface area contributed by atoms with Crippen molar-refractivity contribution in [2.75, 3.05) is 6.61 Å². The van der Waals surface area contributed by atoms with Crippen molar-refractivity contribution in [3.63, 3.8) is 0 Å². The Morgan fingerprint density at radius 1 is 0.864 bits per heavy atom. The van der Waals surface area contributed by atoms with Gasteiger partial charge in [0.1, 0.15) is 0 Å². The van der Waals surface area contributed by atoms with Gasteiger partial charge in [0.05, 0.1) is 6.61 Å². The predicted octanol–water partition coefficient (Wildman–Crippen LogP) is -1.30. The van der Waals surface area contributed by atoms with Crippen LogP contribution in [0.3, 0.4) is 0 Å². The van der Waals surface area contributed by atoms with E-state index >= 15 is 0 Å². The predicted molar refractivity (Wildman–Crippen MR) is 80.2 cm³/mol. The molecule has 0 radical (unpaired) electrons. The standard InChI is InChI=1S/C12H26O4S.Na.2O.H4Si.Ti/c1-2-3-4-5-6-7-8-9-10-11-12-16-17(13,14)15;;;;;/h2-12H2,1H3,(H,13,14,15);;;;1H4;/q;+1;;;;/p-1. The maximum Gasteiger partial charge on any atom is -0.0149 e. The van der Waals surface area contributed by atoms with Crippen LogP contribution in [0.2, 0.25) is 0 Å². The van der Waals surface area contributed by atoms with E-state index < -0.39 is 29.5 Å². The van der Waals surface area contributed by atoms with Crippen LogP contribution in [0.15, 0.2) is 0 Å². The SMILES string of the molecule is CCCCCCCCCCCCOS(=O)(=O)[O-].[Na+].[O]=[Ti]=[O].[SiH4]. The Morgan fingerprint density at radius 3 is 1.50 bits per heavy atom. The Hall–Kier alpha value is 1.40. The van der Waals surface area contributed by atoms with Crippen molar-refractivity contribution in [1.29, 1.82) is 0 Å². The molecular weight excluding hydrogens is 371 g/mol. The Morgan fingerprint density at radius 2 is 1.18 bits per heavy atom. The minimum atomic E-state index is -4.48. The Bertz CT molecular complexity index is 337. The molecule has 0 unspecified atom stereocenters. The van der Waals surface area contributed by atoms with Gasteiger partial charge in [0.25, 0.3) is 0 Å². The van der Waals surface area contributed by atoms with Crippen molar-refractivity contribution in [3.8, 4) is 0 Å². The van der Waals surface area contributed by atoms with Crippen molar-refractivity contribution in [2.45, 2.75) is 71.1 Å². The van der Waals surface area contributed by atoms with E-state index in [2.05, 4.69) is 11.1 Å². The summed E-state index contributed by atoms with van der Waals surface area (Å²) in [4.78, 5) is 0. The summed E-state index contributed by atoms with van der Waals surface area (Å²) in [5.74, 6) is 0. The van der Waals surface area contributed by atoms with Gasteiger partial charge in [0, 0.05) is 0 Å². The van der Waals surface area contributed by atoms with E-state index in [1.807, 2.05) is 0 Å². The smallest absolute Gasteiger partial charge is 0.0149 e. The third kappa shape index (κ3) is 37.6. The first-order valence-corrected chi connectivity index (χ1v) is 9.68. The van der Waals surface area contributed by atoms with Crippen LogP contribution >= 0.6 is 0 Å². The van der Waals surface area contributed by atoms with E-state index in [1.54, 1.807) is 0 Å². The van der Waals surface area contributed by atoms with E-state index in [4.69, 9.17) is 6.65 Å². The first-order chi connectivity index (χ1) is 9.47. The molecule has 0 aliphatic carbocycles. The minimum Gasteiger partial charge on any atom is -0.0149 e. The summed E-state index contributed by atoms with van der Waals surface area (Å²) in [7, 11) is -4.48. The monoisotopic (exact) mass is 400 g/mol. The second-order valence-electron chi connectivity index (χ2n) is 4.50.